The largest absolute Gasteiger partial charge is 0.330 e. The maximum absolute atomic E-state index is 5.85. The van der Waals surface area contributed by atoms with Gasteiger partial charge in [0, 0.05) is 32.5 Å². The number of aryl methyl sites for hydroxylation is 1. The van der Waals surface area contributed by atoms with Crippen LogP contribution in [0, 0.1) is 0 Å². The average molecular weight is 403 g/mol. The second-order valence-electron chi connectivity index (χ2n) is 4.64. The molecule has 0 amide bonds. The third-order valence-electron chi connectivity index (χ3n) is 3.37. The van der Waals surface area contributed by atoms with Crippen LogP contribution in [-0.2, 0) is 6.42 Å². The lowest BCUT2D eigenvalue weighted by Gasteiger charge is -2.18. The monoisotopic (exact) mass is 401 g/mol. The van der Waals surface area contributed by atoms with Crippen molar-refractivity contribution < 1.29 is 0 Å². The second kappa shape index (κ2) is 5.60. The molecule has 3 rings (SSSR count). The number of halogens is 2. The standard InChI is InChI=1S/C13H13Br2N3S/c14-8-4-9(15)12(17-6-8)13-18-11-7(5-16)2-1-3-10(11)19-13/h4,6-7H,1-3,5,16H2. The van der Waals surface area contributed by atoms with Crippen molar-refractivity contribution in [2.75, 3.05) is 6.54 Å². The fourth-order valence-corrected chi connectivity index (χ4v) is 4.92. The molecule has 1 unspecified atom stereocenters. The van der Waals surface area contributed by atoms with Gasteiger partial charge in [-0.15, -0.1) is 11.3 Å². The highest BCUT2D eigenvalue weighted by Crippen LogP contribution is 2.39. The Bertz CT molecular complexity index is 612. The molecule has 0 aliphatic heterocycles. The molecule has 0 saturated heterocycles. The van der Waals surface area contributed by atoms with Gasteiger partial charge in [0.25, 0.3) is 0 Å². The Morgan fingerprint density at radius 1 is 1.42 bits per heavy atom. The quantitative estimate of drug-likeness (QED) is 0.822. The summed E-state index contributed by atoms with van der Waals surface area (Å²) in [5, 5.41) is 0.990. The molecule has 19 heavy (non-hydrogen) atoms. The van der Waals surface area contributed by atoms with Gasteiger partial charge in [0.1, 0.15) is 10.7 Å². The van der Waals surface area contributed by atoms with E-state index < -0.39 is 0 Å². The molecule has 1 atom stereocenters. The summed E-state index contributed by atoms with van der Waals surface area (Å²) in [6.45, 7) is 0.686. The molecule has 6 heteroatoms. The number of nitrogens with zero attached hydrogens (tertiary/aromatic N) is 2. The lowest BCUT2D eigenvalue weighted by atomic mass is 9.91. The average Bonchev–Trinajstić information content (AvgIpc) is 2.81. The van der Waals surface area contributed by atoms with E-state index >= 15 is 0 Å². The third kappa shape index (κ3) is 2.63. The number of hydrogen-bond acceptors (Lipinski definition) is 4. The number of fused-ring (bicyclic) bond motifs is 1. The normalized spacial score (nSPS) is 18.4. The number of thiazole rings is 1. The molecule has 2 aromatic heterocycles. The summed E-state index contributed by atoms with van der Waals surface area (Å²) < 4.78 is 1.93. The van der Waals surface area contributed by atoms with E-state index in [4.69, 9.17) is 10.7 Å². The maximum Gasteiger partial charge on any atom is 0.143 e. The topological polar surface area (TPSA) is 51.8 Å². The predicted molar refractivity (Wildman–Crippen MR) is 85.5 cm³/mol. The van der Waals surface area contributed by atoms with Gasteiger partial charge in [-0.25, -0.2) is 4.98 Å². The van der Waals surface area contributed by atoms with Crippen molar-refractivity contribution in [1.29, 1.82) is 0 Å². The Morgan fingerprint density at radius 2 is 2.26 bits per heavy atom. The predicted octanol–water partition coefficient (Wildman–Crippen LogP) is 4.11. The third-order valence-corrected chi connectivity index (χ3v) is 5.54. The molecule has 1 aliphatic rings. The molecule has 0 spiro atoms. The summed E-state index contributed by atoms with van der Waals surface area (Å²) in [7, 11) is 0. The molecule has 2 heterocycles. The fourth-order valence-electron chi connectivity index (χ4n) is 2.41. The minimum atomic E-state index is 0.419. The first kappa shape index (κ1) is 13.7. The van der Waals surface area contributed by atoms with Crippen molar-refractivity contribution >= 4 is 43.2 Å². The van der Waals surface area contributed by atoms with Gasteiger partial charge in [0.15, 0.2) is 0 Å². The minimum Gasteiger partial charge on any atom is -0.330 e. The maximum atomic E-state index is 5.85. The molecule has 1 aliphatic carbocycles. The van der Waals surface area contributed by atoms with E-state index in [0.29, 0.717) is 12.5 Å². The van der Waals surface area contributed by atoms with E-state index in [1.54, 1.807) is 17.5 Å². The first-order valence-corrected chi connectivity index (χ1v) is 8.60. The lowest BCUT2D eigenvalue weighted by molar-refractivity contribution is 0.554. The molecule has 2 N–H and O–H groups in total. The molecular weight excluding hydrogens is 390 g/mol. The van der Waals surface area contributed by atoms with Gasteiger partial charge in [0.05, 0.1) is 5.69 Å². The van der Waals surface area contributed by atoms with E-state index in [9.17, 15) is 0 Å². The molecule has 2 aromatic rings. The van der Waals surface area contributed by atoms with Crippen LogP contribution in [0.5, 0.6) is 0 Å². The van der Waals surface area contributed by atoms with Gasteiger partial charge < -0.3 is 5.73 Å². The SMILES string of the molecule is NCC1CCCc2sc(-c3ncc(Br)cc3Br)nc21. The number of nitrogens with two attached hydrogens (primary N) is 1. The van der Waals surface area contributed by atoms with Gasteiger partial charge >= 0.3 is 0 Å². The van der Waals surface area contributed by atoms with Crippen LogP contribution in [0.3, 0.4) is 0 Å². The zero-order valence-electron chi connectivity index (χ0n) is 10.2. The van der Waals surface area contributed by atoms with E-state index in [1.165, 1.54) is 17.0 Å². The van der Waals surface area contributed by atoms with Crippen LogP contribution in [0.25, 0.3) is 10.7 Å². The number of rotatable bonds is 2. The van der Waals surface area contributed by atoms with Gasteiger partial charge in [0.2, 0.25) is 0 Å². The first-order valence-electron chi connectivity index (χ1n) is 6.20. The molecule has 0 aromatic carbocycles. The van der Waals surface area contributed by atoms with Crippen LogP contribution in [0.15, 0.2) is 21.2 Å². The summed E-state index contributed by atoms with van der Waals surface area (Å²) in [5.41, 5.74) is 7.96. The summed E-state index contributed by atoms with van der Waals surface area (Å²) in [6, 6.07) is 2.00. The highest BCUT2D eigenvalue weighted by Gasteiger charge is 2.24. The highest BCUT2D eigenvalue weighted by molar-refractivity contribution is 9.11. The van der Waals surface area contributed by atoms with Gasteiger partial charge in [-0.1, -0.05) is 0 Å². The molecule has 100 valence electrons. The van der Waals surface area contributed by atoms with E-state index in [2.05, 4.69) is 36.8 Å². The zero-order valence-corrected chi connectivity index (χ0v) is 14.2. The summed E-state index contributed by atoms with van der Waals surface area (Å²) in [6.07, 6.45) is 5.30. The number of pyridine rings is 1. The summed E-state index contributed by atoms with van der Waals surface area (Å²) in [5.74, 6) is 0.419. The smallest absolute Gasteiger partial charge is 0.143 e. The fraction of sp³-hybridized carbons (Fsp3) is 0.385. The van der Waals surface area contributed by atoms with Crippen LogP contribution < -0.4 is 5.73 Å². The Labute approximate surface area is 132 Å². The molecule has 0 fully saturated rings. The van der Waals surface area contributed by atoms with E-state index in [-0.39, 0.29) is 0 Å². The Morgan fingerprint density at radius 3 is 3.00 bits per heavy atom. The van der Waals surface area contributed by atoms with Crippen LogP contribution in [0.2, 0.25) is 0 Å². The van der Waals surface area contributed by atoms with Crippen molar-refractivity contribution in [3.8, 4) is 10.7 Å². The van der Waals surface area contributed by atoms with Gasteiger partial charge in [-0.2, -0.15) is 0 Å². The van der Waals surface area contributed by atoms with Crippen LogP contribution in [0.1, 0.15) is 29.3 Å². The van der Waals surface area contributed by atoms with E-state index in [0.717, 1.165) is 32.5 Å². The van der Waals surface area contributed by atoms with Crippen molar-refractivity contribution in [1.82, 2.24) is 9.97 Å². The number of aromatic nitrogens is 2. The summed E-state index contributed by atoms with van der Waals surface area (Å²) in [4.78, 5) is 10.6. The Kier molecular flexibility index (Phi) is 4.03. The van der Waals surface area contributed by atoms with Crippen molar-refractivity contribution in [2.45, 2.75) is 25.2 Å². The molecule has 3 nitrogen and oxygen atoms in total. The van der Waals surface area contributed by atoms with Gasteiger partial charge in [-0.3, -0.25) is 4.98 Å². The zero-order chi connectivity index (χ0) is 13.4. The van der Waals surface area contributed by atoms with Crippen LogP contribution in [0.4, 0.5) is 0 Å². The summed E-state index contributed by atoms with van der Waals surface area (Å²) >= 11 is 8.73. The highest BCUT2D eigenvalue weighted by atomic mass is 79.9. The molecule has 0 bridgehead atoms. The van der Waals surface area contributed by atoms with Gasteiger partial charge in [-0.05, 0) is 57.2 Å². The molecular formula is C13H13Br2N3S. The first-order chi connectivity index (χ1) is 9.19. The van der Waals surface area contributed by atoms with Crippen molar-refractivity contribution in [2.24, 2.45) is 5.73 Å². The van der Waals surface area contributed by atoms with Crippen molar-refractivity contribution in [3.05, 3.63) is 31.8 Å². The van der Waals surface area contributed by atoms with Crippen molar-refractivity contribution in [3.63, 3.8) is 0 Å². The lowest BCUT2D eigenvalue weighted by Crippen LogP contribution is -2.17. The van der Waals surface area contributed by atoms with Crippen LogP contribution >= 0.6 is 43.2 Å². The second-order valence-corrected chi connectivity index (χ2v) is 7.49. The molecule has 0 radical (unpaired) electrons. The Hall–Kier alpha value is -0.300. The molecule has 0 saturated carbocycles. The Balaban J connectivity index is 2.05. The van der Waals surface area contributed by atoms with Crippen LogP contribution in [-0.4, -0.2) is 16.5 Å². The van der Waals surface area contributed by atoms with E-state index in [1.807, 2.05) is 6.07 Å². The minimum absolute atomic E-state index is 0.419. The number of hydrogen-bond donors (Lipinski definition) is 1.